The van der Waals surface area contributed by atoms with Gasteiger partial charge in [-0.15, -0.1) is 0 Å². The van der Waals surface area contributed by atoms with Crippen LogP contribution in [-0.4, -0.2) is 23.2 Å². The molecule has 152 valence electrons. The number of thioether (sulfide) groups is 1. The van der Waals surface area contributed by atoms with Gasteiger partial charge in [0.25, 0.3) is 11.1 Å². The van der Waals surface area contributed by atoms with Gasteiger partial charge in [-0.3, -0.25) is 14.5 Å². The molecule has 0 spiro atoms. The van der Waals surface area contributed by atoms with Gasteiger partial charge in [0.2, 0.25) is 0 Å². The van der Waals surface area contributed by atoms with Gasteiger partial charge in [-0.05, 0) is 59.8 Å². The van der Waals surface area contributed by atoms with Gasteiger partial charge in [0, 0.05) is 16.1 Å². The summed E-state index contributed by atoms with van der Waals surface area (Å²) in [7, 11) is 1.55. The van der Waals surface area contributed by atoms with E-state index in [9.17, 15) is 9.59 Å². The molecule has 4 rings (SSSR count). The SMILES string of the molecule is COc1ccc(-c2ccc(/C=C3\SC(=O)N(Cc4ccc(Br)cc4)C3=O)o2)cc1Cl. The Bertz CT molecular complexity index is 1160. The smallest absolute Gasteiger partial charge is 0.293 e. The summed E-state index contributed by atoms with van der Waals surface area (Å²) in [5.41, 5.74) is 1.65. The molecule has 0 bridgehead atoms. The summed E-state index contributed by atoms with van der Waals surface area (Å²) < 4.78 is 11.9. The molecule has 5 nitrogen and oxygen atoms in total. The first-order valence-corrected chi connectivity index (χ1v) is 10.9. The Kier molecular flexibility index (Phi) is 6.04. The van der Waals surface area contributed by atoms with Crippen LogP contribution in [-0.2, 0) is 11.3 Å². The summed E-state index contributed by atoms with van der Waals surface area (Å²) >= 11 is 10.5. The number of nitrogens with zero attached hydrogens (tertiary/aromatic N) is 1. The molecule has 1 saturated heterocycles. The molecule has 2 amide bonds. The maximum atomic E-state index is 12.7. The molecule has 2 aromatic carbocycles. The van der Waals surface area contributed by atoms with E-state index in [0.29, 0.717) is 27.2 Å². The molecule has 0 radical (unpaired) electrons. The quantitative estimate of drug-likeness (QED) is 0.366. The Labute approximate surface area is 190 Å². The van der Waals surface area contributed by atoms with Crippen LogP contribution in [0.15, 0.2) is 68.4 Å². The van der Waals surface area contributed by atoms with Crippen LogP contribution in [0.2, 0.25) is 5.02 Å². The Morgan fingerprint density at radius 2 is 1.90 bits per heavy atom. The normalized spacial score (nSPS) is 15.3. The molecule has 0 atom stereocenters. The van der Waals surface area contributed by atoms with Gasteiger partial charge in [-0.1, -0.05) is 39.7 Å². The molecule has 0 N–H and O–H groups in total. The monoisotopic (exact) mass is 503 g/mol. The number of amides is 2. The van der Waals surface area contributed by atoms with Gasteiger partial charge in [0.15, 0.2) is 0 Å². The molecule has 1 aliphatic heterocycles. The third-order valence-corrected chi connectivity index (χ3v) is 6.20. The van der Waals surface area contributed by atoms with Crippen molar-refractivity contribution in [1.29, 1.82) is 0 Å². The maximum absolute atomic E-state index is 12.7. The predicted molar refractivity (Wildman–Crippen MR) is 121 cm³/mol. The summed E-state index contributed by atoms with van der Waals surface area (Å²) in [6.07, 6.45) is 1.58. The first kappa shape index (κ1) is 20.8. The van der Waals surface area contributed by atoms with Crippen molar-refractivity contribution in [1.82, 2.24) is 4.90 Å². The highest BCUT2D eigenvalue weighted by atomic mass is 79.9. The maximum Gasteiger partial charge on any atom is 0.293 e. The highest BCUT2D eigenvalue weighted by Crippen LogP contribution is 2.35. The number of rotatable bonds is 5. The number of furan rings is 1. The standard InChI is InChI=1S/C22H15BrClNO4S/c1-28-19-8-4-14(10-17(19)24)18-9-7-16(29-18)11-20-21(26)25(22(27)30-20)12-13-2-5-15(23)6-3-13/h2-11H,12H2,1H3/b20-11-. The van der Waals surface area contributed by atoms with Crippen molar-refractivity contribution >= 4 is 56.5 Å². The zero-order valence-electron chi connectivity index (χ0n) is 15.7. The third-order valence-electron chi connectivity index (χ3n) is 4.46. The van der Waals surface area contributed by atoms with E-state index in [1.54, 1.807) is 37.5 Å². The number of halogens is 2. The number of carbonyl (C=O) groups is 2. The second kappa shape index (κ2) is 8.71. The summed E-state index contributed by atoms with van der Waals surface area (Å²) in [6.45, 7) is 0.225. The van der Waals surface area contributed by atoms with E-state index in [1.807, 2.05) is 30.3 Å². The molecule has 1 fully saturated rings. The van der Waals surface area contributed by atoms with E-state index in [1.165, 1.54) is 4.90 Å². The van der Waals surface area contributed by atoms with E-state index in [-0.39, 0.29) is 17.7 Å². The van der Waals surface area contributed by atoms with Crippen molar-refractivity contribution < 1.29 is 18.7 Å². The summed E-state index contributed by atoms with van der Waals surface area (Å²) in [5.74, 6) is 1.32. The Morgan fingerprint density at radius 3 is 2.60 bits per heavy atom. The van der Waals surface area contributed by atoms with Gasteiger partial charge in [-0.25, -0.2) is 0 Å². The summed E-state index contributed by atoms with van der Waals surface area (Å²) in [6, 6.07) is 16.4. The molecule has 1 aromatic heterocycles. The van der Waals surface area contributed by atoms with E-state index < -0.39 is 0 Å². The fourth-order valence-corrected chi connectivity index (χ4v) is 4.28. The van der Waals surface area contributed by atoms with Crippen molar-refractivity contribution in [2.75, 3.05) is 7.11 Å². The van der Waals surface area contributed by atoms with Crippen LogP contribution in [0.3, 0.4) is 0 Å². The van der Waals surface area contributed by atoms with E-state index in [4.69, 9.17) is 20.8 Å². The number of ether oxygens (including phenoxy) is 1. The van der Waals surface area contributed by atoms with E-state index in [2.05, 4.69) is 15.9 Å². The van der Waals surface area contributed by atoms with Gasteiger partial charge in [0.05, 0.1) is 23.6 Å². The van der Waals surface area contributed by atoms with Gasteiger partial charge >= 0.3 is 0 Å². The van der Waals surface area contributed by atoms with Crippen LogP contribution in [0.4, 0.5) is 4.79 Å². The van der Waals surface area contributed by atoms with E-state index >= 15 is 0 Å². The molecule has 0 saturated carbocycles. The molecule has 2 heterocycles. The fraction of sp³-hybridized carbons (Fsp3) is 0.0909. The molecule has 1 aliphatic rings. The number of imide groups is 1. The van der Waals surface area contributed by atoms with Gasteiger partial charge < -0.3 is 9.15 Å². The van der Waals surface area contributed by atoms with Crippen LogP contribution < -0.4 is 4.74 Å². The summed E-state index contributed by atoms with van der Waals surface area (Å²) in [4.78, 5) is 26.6. The lowest BCUT2D eigenvalue weighted by atomic mass is 10.2. The number of benzene rings is 2. The molecular formula is C22H15BrClNO4S. The van der Waals surface area contributed by atoms with Gasteiger partial charge in [0.1, 0.15) is 17.3 Å². The van der Waals surface area contributed by atoms with Crippen LogP contribution in [0.5, 0.6) is 5.75 Å². The molecule has 0 aliphatic carbocycles. The second-order valence-corrected chi connectivity index (χ2v) is 8.76. The van der Waals surface area contributed by atoms with Crippen LogP contribution >= 0.6 is 39.3 Å². The lowest BCUT2D eigenvalue weighted by Crippen LogP contribution is -2.27. The van der Waals surface area contributed by atoms with Crippen LogP contribution in [0.25, 0.3) is 17.4 Å². The minimum Gasteiger partial charge on any atom is -0.495 e. The minimum absolute atomic E-state index is 0.225. The van der Waals surface area contributed by atoms with E-state index in [0.717, 1.165) is 27.4 Å². The van der Waals surface area contributed by atoms with Crippen LogP contribution in [0.1, 0.15) is 11.3 Å². The highest BCUT2D eigenvalue weighted by Gasteiger charge is 2.35. The molecule has 8 heteroatoms. The zero-order chi connectivity index (χ0) is 21.3. The molecule has 0 unspecified atom stereocenters. The molecule has 30 heavy (non-hydrogen) atoms. The van der Waals surface area contributed by atoms with Crippen molar-refractivity contribution in [3.8, 4) is 17.1 Å². The average Bonchev–Trinajstić information content (AvgIpc) is 3.30. The topological polar surface area (TPSA) is 59.8 Å². The lowest BCUT2D eigenvalue weighted by molar-refractivity contribution is -0.123. The van der Waals surface area contributed by atoms with Crippen molar-refractivity contribution in [3.63, 3.8) is 0 Å². The Balaban J connectivity index is 1.52. The van der Waals surface area contributed by atoms with Crippen molar-refractivity contribution in [2.24, 2.45) is 0 Å². The minimum atomic E-state index is -0.335. The Morgan fingerprint density at radius 1 is 1.13 bits per heavy atom. The number of carbonyl (C=O) groups excluding carboxylic acids is 2. The number of methoxy groups -OCH3 is 1. The van der Waals surface area contributed by atoms with Crippen molar-refractivity contribution in [3.05, 3.63) is 80.3 Å². The van der Waals surface area contributed by atoms with Gasteiger partial charge in [-0.2, -0.15) is 0 Å². The predicted octanol–water partition coefficient (Wildman–Crippen LogP) is 6.61. The summed E-state index contributed by atoms with van der Waals surface area (Å²) in [5, 5.41) is 0.171. The first-order chi connectivity index (χ1) is 14.4. The highest BCUT2D eigenvalue weighted by molar-refractivity contribution is 9.10. The zero-order valence-corrected chi connectivity index (χ0v) is 18.9. The van der Waals surface area contributed by atoms with Crippen LogP contribution in [0, 0.1) is 0 Å². The second-order valence-electron chi connectivity index (χ2n) is 6.45. The lowest BCUT2D eigenvalue weighted by Gasteiger charge is -2.12. The van der Waals surface area contributed by atoms with Crippen molar-refractivity contribution in [2.45, 2.75) is 6.54 Å². The third kappa shape index (κ3) is 4.33. The number of hydrogen-bond acceptors (Lipinski definition) is 5. The Hall–Kier alpha value is -2.48. The number of hydrogen-bond donors (Lipinski definition) is 0. The molecule has 3 aromatic rings. The first-order valence-electron chi connectivity index (χ1n) is 8.88. The average molecular weight is 505 g/mol. The molecular weight excluding hydrogens is 490 g/mol. The fourth-order valence-electron chi connectivity index (χ4n) is 2.94. The largest absolute Gasteiger partial charge is 0.495 e.